The zero-order valence-corrected chi connectivity index (χ0v) is 10.8. The first-order chi connectivity index (χ1) is 8.75. The minimum atomic E-state index is 0.291. The van der Waals surface area contributed by atoms with Gasteiger partial charge < -0.3 is 4.74 Å². The van der Waals surface area contributed by atoms with Gasteiger partial charge in [-0.25, -0.2) is 4.99 Å². The molecule has 18 heavy (non-hydrogen) atoms. The Morgan fingerprint density at radius 2 is 1.89 bits per heavy atom. The van der Waals surface area contributed by atoms with E-state index in [0.29, 0.717) is 18.6 Å². The Hall–Kier alpha value is -1.83. The normalized spacial score (nSPS) is 19.1. The largest absolute Gasteiger partial charge is 0.475 e. The molecule has 1 aliphatic heterocycles. The lowest BCUT2D eigenvalue weighted by molar-refractivity contribution is 0.292. The Kier molecular flexibility index (Phi) is 2.78. The third-order valence-electron chi connectivity index (χ3n) is 3.46. The number of rotatable bonds is 2. The van der Waals surface area contributed by atoms with Gasteiger partial charge in [-0.2, -0.15) is 0 Å². The molecule has 0 saturated carbocycles. The summed E-state index contributed by atoms with van der Waals surface area (Å²) < 4.78 is 5.77. The molecule has 2 nitrogen and oxygen atoms in total. The predicted octanol–water partition coefficient (Wildman–Crippen LogP) is 3.64. The van der Waals surface area contributed by atoms with Crippen molar-refractivity contribution in [3.05, 3.63) is 48.0 Å². The van der Waals surface area contributed by atoms with Crippen LogP contribution in [0.3, 0.4) is 0 Å². The second-order valence-electron chi connectivity index (χ2n) is 5.08. The second-order valence-corrected chi connectivity index (χ2v) is 5.08. The van der Waals surface area contributed by atoms with Crippen LogP contribution in [0.4, 0.5) is 0 Å². The molecule has 1 heterocycles. The van der Waals surface area contributed by atoms with Crippen LogP contribution in [0, 0.1) is 5.92 Å². The highest BCUT2D eigenvalue weighted by molar-refractivity contribution is 6.07. The standard InChI is InChI=1S/C16H17NO/c1-11(2)15-10-18-16(17-15)14-9-5-7-12-6-3-4-8-13(12)14/h3-9,11,15H,10H2,1-2H3/t15-/m0/s1. The maximum atomic E-state index is 5.77. The van der Waals surface area contributed by atoms with Gasteiger partial charge in [0.1, 0.15) is 6.61 Å². The van der Waals surface area contributed by atoms with Crippen LogP contribution in [0.25, 0.3) is 10.8 Å². The molecule has 1 atom stereocenters. The molecule has 0 spiro atoms. The molecule has 0 aromatic heterocycles. The van der Waals surface area contributed by atoms with Gasteiger partial charge in [0.25, 0.3) is 0 Å². The van der Waals surface area contributed by atoms with Gasteiger partial charge >= 0.3 is 0 Å². The maximum absolute atomic E-state index is 5.77. The molecular weight excluding hydrogens is 222 g/mol. The first-order valence-corrected chi connectivity index (χ1v) is 6.44. The third kappa shape index (κ3) is 1.88. The Morgan fingerprint density at radius 1 is 1.11 bits per heavy atom. The molecule has 2 aromatic carbocycles. The van der Waals surface area contributed by atoms with Crippen LogP contribution < -0.4 is 0 Å². The van der Waals surface area contributed by atoms with Crippen LogP contribution in [-0.2, 0) is 4.74 Å². The molecule has 0 amide bonds. The number of benzene rings is 2. The van der Waals surface area contributed by atoms with Crippen LogP contribution in [0.15, 0.2) is 47.5 Å². The fourth-order valence-corrected chi connectivity index (χ4v) is 2.29. The molecule has 0 unspecified atom stereocenters. The van der Waals surface area contributed by atoms with Crippen LogP contribution in [-0.4, -0.2) is 18.5 Å². The Bertz CT molecular complexity index is 596. The van der Waals surface area contributed by atoms with Gasteiger partial charge in [-0.3, -0.25) is 0 Å². The molecule has 0 aliphatic carbocycles. The number of hydrogen-bond acceptors (Lipinski definition) is 2. The van der Waals surface area contributed by atoms with Gasteiger partial charge in [0.05, 0.1) is 6.04 Å². The fourth-order valence-electron chi connectivity index (χ4n) is 2.29. The topological polar surface area (TPSA) is 21.6 Å². The van der Waals surface area contributed by atoms with E-state index in [2.05, 4.69) is 56.3 Å². The molecule has 0 bridgehead atoms. The summed E-state index contributed by atoms with van der Waals surface area (Å²) in [5, 5.41) is 2.44. The van der Waals surface area contributed by atoms with Crippen LogP contribution >= 0.6 is 0 Å². The van der Waals surface area contributed by atoms with Gasteiger partial charge in [0.2, 0.25) is 5.90 Å². The van der Waals surface area contributed by atoms with E-state index in [1.54, 1.807) is 0 Å². The van der Waals surface area contributed by atoms with Crippen LogP contribution in [0.5, 0.6) is 0 Å². The molecule has 92 valence electrons. The molecule has 1 aliphatic rings. The number of nitrogens with zero attached hydrogens (tertiary/aromatic N) is 1. The highest BCUT2D eigenvalue weighted by Gasteiger charge is 2.23. The minimum Gasteiger partial charge on any atom is -0.475 e. The molecule has 2 heteroatoms. The van der Waals surface area contributed by atoms with E-state index in [-0.39, 0.29) is 0 Å². The quantitative estimate of drug-likeness (QED) is 0.784. The molecule has 0 radical (unpaired) electrons. The zero-order valence-electron chi connectivity index (χ0n) is 10.8. The second kappa shape index (κ2) is 4.45. The number of ether oxygens (including phenoxy) is 1. The summed E-state index contributed by atoms with van der Waals surface area (Å²) in [6.07, 6.45) is 0. The van der Waals surface area contributed by atoms with Gasteiger partial charge in [-0.05, 0) is 22.8 Å². The van der Waals surface area contributed by atoms with E-state index >= 15 is 0 Å². The summed E-state index contributed by atoms with van der Waals surface area (Å²) in [7, 11) is 0. The number of aliphatic imine (C=N–C) groups is 1. The Morgan fingerprint density at radius 3 is 2.67 bits per heavy atom. The van der Waals surface area contributed by atoms with Crippen molar-refractivity contribution in [3.63, 3.8) is 0 Å². The van der Waals surface area contributed by atoms with Crippen molar-refractivity contribution in [3.8, 4) is 0 Å². The molecular formula is C16H17NO. The van der Waals surface area contributed by atoms with E-state index in [4.69, 9.17) is 9.73 Å². The van der Waals surface area contributed by atoms with Crippen LogP contribution in [0.2, 0.25) is 0 Å². The van der Waals surface area contributed by atoms with Crippen molar-refractivity contribution in [2.75, 3.05) is 6.61 Å². The fraction of sp³-hybridized carbons (Fsp3) is 0.312. The lowest BCUT2D eigenvalue weighted by atomic mass is 10.0. The van der Waals surface area contributed by atoms with E-state index < -0.39 is 0 Å². The van der Waals surface area contributed by atoms with E-state index in [1.807, 2.05) is 0 Å². The zero-order chi connectivity index (χ0) is 12.5. The van der Waals surface area contributed by atoms with Crippen molar-refractivity contribution in [2.24, 2.45) is 10.9 Å². The maximum Gasteiger partial charge on any atom is 0.217 e. The summed E-state index contributed by atoms with van der Waals surface area (Å²) in [4.78, 5) is 4.70. The summed E-state index contributed by atoms with van der Waals surface area (Å²) in [5.74, 6) is 1.32. The third-order valence-corrected chi connectivity index (χ3v) is 3.46. The summed E-state index contributed by atoms with van der Waals surface area (Å²) in [6.45, 7) is 5.07. The molecule has 0 N–H and O–H groups in total. The Balaban J connectivity index is 2.08. The van der Waals surface area contributed by atoms with Gasteiger partial charge in [0, 0.05) is 5.56 Å². The van der Waals surface area contributed by atoms with E-state index in [0.717, 1.165) is 11.5 Å². The molecule has 0 fully saturated rings. The first-order valence-electron chi connectivity index (χ1n) is 6.44. The Labute approximate surface area is 107 Å². The predicted molar refractivity (Wildman–Crippen MR) is 75.1 cm³/mol. The number of fused-ring (bicyclic) bond motifs is 1. The van der Waals surface area contributed by atoms with Gasteiger partial charge in [-0.15, -0.1) is 0 Å². The lowest BCUT2D eigenvalue weighted by Gasteiger charge is -2.06. The number of hydrogen-bond donors (Lipinski definition) is 0. The van der Waals surface area contributed by atoms with E-state index in [1.165, 1.54) is 10.8 Å². The van der Waals surface area contributed by atoms with Crippen molar-refractivity contribution in [1.29, 1.82) is 0 Å². The molecule has 0 saturated heterocycles. The summed E-state index contributed by atoms with van der Waals surface area (Å²) in [6, 6.07) is 14.9. The molecule has 3 rings (SSSR count). The average Bonchev–Trinajstić information content (AvgIpc) is 2.87. The van der Waals surface area contributed by atoms with Gasteiger partial charge in [-0.1, -0.05) is 50.2 Å². The smallest absolute Gasteiger partial charge is 0.217 e. The minimum absolute atomic E-state index is 0.291. The summed E-state index contributed by atoms with van der Waals surface area (Å²) in [5.41, 5.74) is 1.11. The monoisotopic (exact) mass is 239 g/mol. The summed E-state index contributed by atoms with van der Waals surface area (Å²) >= 11 is 0. The highest BCUT2D eigenvalue weighted by atomic mass is 16.5. The van der Waals surface area contributed by atoms with Crippen molar-refractivity contribution < 1.29 is 4.74 Å². The van der Waals surface area contributed by atoms with Crippen LogP contribution in [0.1, 0.15) is 19.4 Å². The van der Waals surface area contributed by atoms with Gasteiger partial charge in [0.15, 0.2) is 0 Å². The first kappa shape index (κ1) is 11.3. The average molecular weight is 239 g/mol. The van der Waals surface area contributed by atoms with Crippen molar-refractivity contribution in [1.82, 2.24) is 0 Å². The van der Waals surface area contributed by atoms with E-state index in [9.17, 15) is 0 Å². The highest BCUT2D eigenvalue weighted by Crippen LogP contribution is 2.23. The van der Waals surface area contributed by atoms with Crippen molar-refractivity contribution in [2.45, 2.75) is 19.9 Å². The lowest BCUT2D eigenvalue weighted by Crippen LogP contribution is -2.13. The SMILES string of the molecule is CC(C)[C@@H]1COC(c2cccc3ccccc23)=N1. The van der Waals surface area contributed by atoms with Crippen molar-refractivity contribution >= 4 is 16.7 Å². The molecule has 2 aromatic rings.